The number of esters is 1. The van der Waals surface area contributed by atoms with E-state index in [0.717, 1.165) is 181 Å². The van der Waals surface area contributed by atoms with E-state index < -0.39 is 35.1 Å². The van der Waals surface area contributed by atoms with E-state index in [2.05, 4.69) is 53.9 Å². The molecule has 3 amide bonds. The number of nitrogens with zero attached hydrogens (tertiary/aromatic N) is 4. The van der Waals surface area contributed by atoms with Crippen molar-refractivity contribution < 1.29 is 119 Å². The van der Waals surface area contributed by atoms with Crippen molar-refractivity contribution in [2.75, 3.05) is 98.0 Å². The summed E-state index contributed by atoms with van der Waals surface area (Å²) in [4.78, 5) is 73.2. The van der Waals surface area contributed by atoms with Crippen molar-refractivity contribution in [1.82, 2.24) is 16.0 Å². The van der Waals surface area contributed by atoms with E-state index in [9.17, 15) is 48.1 Å². The van der Waals surface area contributed by atoms with Crippen molar-refractivity contribution >= 4 is 102 Å². The van der Waals surface area contributed by atoms with Gasteiger partial charge in [-0.05, 0) is 197 Å². The summed E-state index contributed by atoms with van der Waals surface area (Å²) in [6, 6.07) is 29.0. The zero-order chi connectivity index (χ0) is 76.5. The summed E-state index contributed by atoms with van der Waals surface area (Å²) in [7, 11) is 1.62. The van der Waals surface area contributed by atoms with Crippen LogP contribution in [0.5, 0.6) is 5.75 Å². The van der Waals surface area contributed by atoms with E-state index in [-0.39, 0.29) is 92.9 Å². The molecule has 29 heteroatoms. The molecule has 0 radical (unpaired) electrons. The third-order valence-electron chi connectivity index (χ3n) is 22.7. The van der Waals surface area contributed by atoms with Gasteiger partial charge in [0.2, 0.25) is 16.8 Å². The Morgan fingerprint density at radius 2 is 1.12 bits per heavy atom. The van der Waals surface area contributed by atoms with Gasteiger partial charge in [0.1, 0.15) is 23.1 Å². The molecule has 20 nitrogen and oxygen atoms in total. The summed E-state index contributed by atoms with van der Waals surface area (Å²) < 4.78 is 48.2. The molecule has 3 aromatic carbocycles. The van der Waals surface area contributed by atoms with Gasteiger partial charge in [-0.1, -0.05) is 36.0 Å². The van der Waals surface area contributed by atoms with Crippen LogP contribution >= 0.6 is 66.3 Å². The first-order chi connectivity index (χ1) is 50.7. The number of hydrogen-bond donors (Lipinski definition) is 6. The van der Waals surface area contributed by atoms with Crippen LogP contribution in [0.3, 0.4) is 0 Å². The molecule has 15 rings (SSSR count). The molecule has 590 valence electrons. The minimum Gasteiger partial charge on any atom is -1.00 e. The van der Waals surface area contributed by atoms with Gasteiger partial charge in [0.15, 0.2) is 5.12 Å². The summed E-state index contributed by atoms with van der Waals surface area (Å²) in [6.07, 6.45) is 13.1. The largest absolute Gasteiger partial charge is 1.00 e. The topological polar surface area (TPSA) is 278 Å². The summed E-state index contributed by atoms with van der Waals surface area (Å²) in [6.45, 7) is 18.7. The maximum absolute atomic E-state index is 14.0. The quantitative estimate of drug-likeness (QED) is 0.0167. The Balaban J connectivity index is 0.000000220. The lowest BCUT2D eigenvalue weighted by Gasteiger charge is -2.53. The van der Waals surface area contributed by atoms with E-state index in [1.165, 1.54) is 65.0 Å². The first-order valence-electron chi connectivity index (χ1n) is 36.8. The van der Waals surface area contributed by atoms with Crippen LogP contribution < -0.4 is 59.8 Å². The summed E-state index contributed by atoms with van der Waals surface area (Å²) >= 11 is 10.8. The second-order valence-electron chi connectivity index (χ2n) is 29.4. The lowest BCUT2D eigenvalue weighted by molar-refractivity contribution is -0.944. The molecule has 0 saturated carbocycles. The number of nitrogens with one attached hydrogen (secondary N) is 3. The van der Waals surface area contributed by atoms with E-state index in [1.807, 2.05) is 37.3 Å². The highest BCUT2D eigenvalue weighted by Gasteiger charge is 2.53. The third kappa shape index (κ3) is 22.3. The van der Waals surface area contributed by atoms with Gasteiger partial charge in [0.05, 0.1) is 140 Å². The van der Waals surface area contributed by atoms with Crippen molar-refractivity contribution in [3.05, 3.63) is 166 Å². The van der Waals surface area contributed by atoms with Gasteiger partial charge >= 0.3 is 5.97 Å². The van der Waals surface area contributed by atoms with Crippen LogP contribution in [0.15, 0.2) is 115 Å². The van der Waals surface area contributed by atoms with Crippen molar-refractivity contribution in [1.29, 1.82) is 5.26 Å². The van der Waals surface area contributed by atoms with Gasteiger partial charge in [-0.15, -0.1) is 22.7 Å². The minimum absolute atomic E-state index is 0. The van der Waals surface area contributed by atoms with Crippen LogP contribution in [0.25, 0.3) is 0 Å². The number of fused-ring (bicyclic) bond motifs is 9. The number of amides is 3. The number of thiophene rings is 2. The average Bonchev–Trinajstić information content (AvgIpc) is 1.18. The van der Waals surface area contributed by atoms with Crippen LogP contribution in [0.4, 0.5) is 8.78 Å². The highest BCUT2D eigenvalue weighted by molar-refractivity contribution is 9.11. The molecule has 108 heavy (non-hydrogen) atoms. The molecule has 3 aromatic heterocycles. The highest BCUT2D eigenvalue weighted by atomic mass is 79.9. The van der Waals surface area contributed by atoms with Crippen molar-refractivity contribution in [2.45, 2.75) is 153 Å². The molecule has 6 N–H and O–H groups in total. The Morgan fingerprint density at radius 3 is 1.51 bits per heavy atom. The minimum atomic E-state index is -1.91. The zero-order valence-corrected chi connectivity index (χ0v) is 70.7. The fraction of sp³-hybridized carbons (Fsp3) is 0.532. The monoisotopic (exact) mass is 1810 g/mol. The van der Waals surface area contributed by atoms with Crippen molar-refractivity contribution in [3.8, 4) is 11.8 Å². The second-order valence-corrected chi connectivity index (χ2v) is 35.6. The number of hydrogen-bond acceptors (Lipinski definition) is 17. The Kier molecular flexibility index (Phi) is 33.9. The fourth-order valence-corrected chi connectivity index (χ4v) is 20.2. The predicted octanol–water partition coefficient (Wildman–Crippen LogP) is 4.75. The number of nitriles is 1. The molecule has 6 atom stereocenters. The van der Waals surface area contributed by atoms with Crippen LogP contribution in [0.2, 0.25) is 0 Å². The number of benzene rings is 3. The Labute approximate surface area is 682 Å². The molecule has 9 saturated heterocycles. The third-order valence-corrected chi connectivity index (χ3v) is 27.1. The van der Waals surface area contributed by atoms with E-state index in [4.69, 9.17) is 29.1 Å². The number of rotatable bonds is 28. The second kappa shape index (κ2) is 40.8. The first-order valence-corrected chi connectivity index (χ1v) is 41.0. The maximum atomic E-state index is 14.0. The first kappa shape index (κ1) is 89.7. The molecule has 6 bridgehead atoms. The van der Waals surface area contributed by atoms with E-state index >= 15 is 0 Å². The number of methoxy groups -OCH3 is 1. The number of carbonyl (C=O) groups is 6. The van der Waals surface area contributed by atoms with E-state index in [0.29, 0.717) is 75.6 Å². The Hall–Kier alpha value is -5.46. The number of quaternary nitrogens is 3. The molecule has 9 fully saturated rings. The van der Waals surface area contributed by atoms with Crippen molar-refractivity contribution in [3.63, 3.8) is 0 Å². The van der Waals surface area contributed by atoms with Crippen LogP contribution in [0, 0.1) is 54.6 Å². The number of thioether (sulfide) groups is 1. The summed E-state index contributed by atoms with van der Waals surface area (Å²) in [5, 5.41) is 62.2. The zero-order valence-electron chi connectivity index (χ0n) is 61.9. The molecule has 9 aliphatic heterocycles. The Morgan fingerprint density at radius 1 is 0.676 bits per heavy atom. The number of ether oxygens (including phenoxy) is 2. The molecule has 0 spiro atoms. The van der Waals surface area contributed by atoms with Crippen LogP contribution in [-0.2, 0) is 56.7 Å². The number of halogens is 6. The van der Waals surface area contributed by atoms with E-state index in [1.54, 1.807) is 70.3 Å². The summed E-state index contributed by atoms with van der Waals surface area (Å²) in [5.41, 5.74) is -3.04. The van der Waals surface area contributed by atoms with Gasteiger partial charge in [-0.2, -0.15) is 5.26 Å². The lowest BCUT2D eigenvalue weighted by Crippen LogP contribution is -3.00. The molecule has 6 aromatic rings. The SMILES string of the molecule is CC(=O)SCCC[N+]12CCC(CC1)[C@@H](NC(=O)C(O)(c1ccc(F)c(C)c1)c1ccc(Br)s1)C2.CCOC(=O)CCCC[N+]12CCC(CC1)[C@H](NC(=O)C(O)(c1ccc(F)c(C)c1)c1ccc(Br)s1)C2.COc1ccc(CCC(O)(C(=O)N[C@H]2C[N+]3(CCCC#N)CCC2CC3)c2ccco2)cc1.O=C[O-].[Br-].[Br-]. The molecular formula is C79H101Br4F2N7O13S3. The number of furan rings is 1. The fourth-order valence-electron chi connectivity index (χ4n) is 16.7. The normalized spacial score (nSPS) is 24.3. The smallest absolute Gasteiger partial charge is 0.305 e. The van der Waals surface area contributed by atoms with Gasteiger partial charge in [-0.25, -0.2) is 8.78 Å². The summed E-state index contributed by atoms with van der Waals surface area (Å²) in [5.74, 6) is 0.868. The van der Waals surface area contributed by atoms with Gasteiger partial charge in [-0.3, -0.25) is 24.0 Å². The molecule has 0 aliphatic carbocycles. The van der Waals surface area contributed by atoms with Crippen LogP contribution in [0.1, 0.15) is 141 Å². The van der Waals surface area contributed by atoms with Gasteiger partial charge < -0.3 is 102 Å². The molecule has 12 heterocycles. The standard InChI is InChI=1S/C27H34BrFN2O4S.C26H33N3O4.C25H30BrFN2O3S2.CH2O2.2BrH/c1-3-35-25(32)6-4-5-13-31-14-11-19(12-15-31)22(17-31)30-26(33)27(34,23-9-10-24(28)36-23)20-7-8-21(29)18(2)16-20;1-32-22-8-6-20(7-9-22)10-13-26(31,24-5-4-18-33-24)25(30)28-23-19-29(15-3-2-14-27)16-11-21(23)12-17-29;1-16-14-19(4-5-20(16)27)25(32,22-6-7-23(26)34-22)24(31)28-21-15-29(10-3-13-33-17(2)30)11-8-18(21)9-12-29;2-1-3;;/h7-10,16,19,22,34H,3-6,11-15,17H2,1-2H3;4-9,18,21,23,31H,2-3,10-13,15-17,19H2,1H3;4-7,14,18,21,32H,3,8-13,15H2,1-2H3;1H,(H,2,3);2*1H/t19?,22-,27?,31?;21?,23-,26?,29?;18?,21-,25?,29?;;;/m100.../s1. The number of unbranched alkanes of at least 4 members (excludes halogenated alkanes) is 2. The number of carboxylic acid groups (broad SMARTS) is 1. The lowest BCUT2D eigenvalue weighted by atomic mass is 9.80. The van der Waals surface area contributed by atoms with Crippen molar-refractivity contribution in [2.24, 2.45) is 17.8 Å². The number of aryl methyl sites for hydroxylation is 3. The molecule has 3 unspecified atom stereocenters. The average molecular weight is 1810 g/mol. The van der Waals surface area contributed by atoms with Crippen LogP contribution in [-0.4, -0.2) is 180 Å². The number of piperidine rings is 9. The molecule has 9 aliphatic rings. The van der Waals surface area contributed by atoms with Gasteiger partial charge in [0, 0.05) is 83.4 Å². The molecular weight excluding hydrogens is 1710 g/mol. The Bertz CT molecular complexity index is 4000. The highest BCUT2D eigenvalue weighted by Crippen LogP contribution is 2.43. The number of aliphatic hydroxyl groups is 3. The maximum Gasteiger partial charge on any atom is 0.305 e. The predicted molar refractivity (Wildman–Crippen MR) is 409 cm³/mol. The van der Waals surface area contributed by atoms with Gasteiger partial charge in [0.25, 0.3) is 17.7 Å². The number of carbonyl (C=O) groups excluding carboxylic acids is 6.